The van der Waals surface area contributed by atoms with Crippen molar-refractivity contribution in [3.05, 3.63) is 203 Å². The van der Waals surface area contributed by atoms with E-state index in [-0.39, 0.29) is 63.7 Å². The highest BCUT2D eigenvalue weighted by molar-refractivity contribution is 5.99. The van der Waals surface area contributed by atoms with E-state index in [0.29, 0.717) is 22.4 Å². The normalized spacial score (nSPS) is 12.3. The Bertz CT molecular complexity index is 2640. The molecule has 0 aliphatic rings. The average Bonchev–Trinajstić information content (AvgIpc) is 3.39. The highest BCUT2D eigenvalue weighted by Crippen LogP contribution is 2.30. The maximum Gasteiger partial charge on any atom is 0.437 e. The second-order valence-electron chi connectivity index (χ2n) is 15.9. The first-order chi connectivity index (χ1) is 34.0. The Hall–Kier alpha value is -8.50. The van der Waals surface area contributed by atoms with Crippen molar-refractivity contribution in [2.24, 2.45) is 10.7 Å². The molecule has 4 amide bonds. The first-order valence-electron chi connectivity index (χ1n) is 22.5. The number of hydrogen-bond acceptors (Lipinski definition) is 11. The van der Waals surface area contributed by atoms with E-state index < -0.39 is 54.1 Å². The van der Waals surface area contributed by atoms with Crippen LogP contribution < -0.4 is 25.8 Å². The Morgan fingerprint density at radius 1 is 0.586 bits per heavy atom. The first-order valence-corrected chi connectivity index (χ1v) is 22.5. The zero-order valence-electron chi connectivity index (χ0n) is 38.6. The van der Waals surface area contributed by atoms with Gasteiger partial charge in [-0.25, -0.2) is 19.3 Å². The van der Waals surface area contributed by atoms with E-state index in [0.717, 1.165) is 16.0 Å². The number of nitrogens with one attached hydrogen (secondary N) is 2. The zero-order valence-corrected chi connectivity index (χ0v) is 38.6. The van der Waals surface area contributed by atoms with E-state index in [9.17, 15) is 29.1 Å². The van der Waals surface area contributed by atoms with Gasteiger partial charge in [0.2, 0.25) is 11.9 Å². The minimum Gasteiger partial charge on any atom is -0.485 e. The van der Waals surface area contributed by atoms with E-state index in [1.807, 2.05) is 66.7 Å². The quantitative estimate of drug-likeness (QED) is 0.0224. The van der Waals surface area contributed by atoms with Crippen molar-refractivity contribution in [2.75, 3.05) is 6.54 Å². The van der Waals surface area contributed by atoms with Crippen molar-refractivity contribution in [3.8, 4) is 11.5 Å². The number of guanidine groups is 1. The molecule has 70 heavy (non-hydrogen) atoms. The molecule has 0 spiro atoms. The van der Waals surface area contributed by atoms with Gasteiger partial charge in [-0.1, -0.05) is 152 Å². The Labute approximate surface area is 406 Å². The summed E-state index contributed by atoms with van der Waals surface area (Å²) in [5.74, 6) is -2.41. The molecule has 1 unspecified atom stereocenters. The molecule has 362 valence electrons. The molecule has 0 heterocycles. The van der Waals surface area contributed by atoms with Gasteiger partial charge < -0.3 is 45.2 Å². The number of rotatable bonds is 22. The highest BCUT2D eigenvalue weighted by atomic mass is 16.6. The van der Waals surface area contributed by atoms with Crippen LogP contribution in [-0.2, 0) is 56.8 Å². The Morgan fingerprint density at radius 3 is 1.54 bits per heavy atom. The third-order valence-electron chi connectivity index (χ3n) is 10.5. The van der Waals surface area contributed by atoms with Crippen molar-refractivity contribution in [1.29, 1.82) is 0 Å². The fourth-order valence-corrected chi connectivity index (χ4v) is 6.77. The van der Waals surface area contributed by atoms with Crippen LogP contribution in [0.2, 0.25) is 0 Å². The molecule has 0 fully saturated rings. The van der Waals surface area contributed by atoms with Gasteiger partial charge in [0.1, 0.15) is 39.1 Å². The number of nitrogens with two attached hydrogens (primary N) is 1. The number of nitrogens with zero attached hydrogens (tertiary/aromatic N) is 2. The second kappa shape index (κ2) is 26.7. The summed E-state index contributed by atoms with van der Waals surface area (Å²) >= 11 is 0. The Balaban J connectivity index is 1.23. The first kappa shape index (κ1) is 50.9. The SMILES string of the molecule is CC(O)[C@H](NC(=O)[C@H](CCCN(C(=O)OCc1ccccc1)/C(N)=N/C(=O)OCc1ccccc1)NC(=O)c1ccc(OCc2ccccc2)c(OCc2ccccc2)c1)C(=O)OCc1ccccc1. The van der Waals surface area contributed by atoms with Gasteiger partial charge in [-0.05, 0) is 65.8 Å². The van der Waals surface area contributed by atoms with Gasteiger partial charge in [-0.15, -0.1) is 4.99 Å². The summed E-state index contributed by atoms with van der Waals surface area (Å²) < 4.78 is 28.6. The molecule has 0 bridgehead atoms. The van der Waals surface area contributed by atoms with Gasteiger partial charge in [-0.2, -0.15) is 0 Å². The summed E-state index contributed by atoms with van der Waals surface area (Å²) in [5.41, 5.74) is 10.2. The van der Waals surface area contributed by atoms with Crippen LogP contribution in [0.3, 0.4) is 0 Å². The van der Waals surface area contributed by atoms with Gasteiger partial charge in [-0.3, -0.25) is 9.59 Å². The molecule has 0 aliphatic heterocycles. The third-order valence-corrected chi connectivity index (χ3v) is 10.5. The Kier molecular flexibility index (Phi) is 19.4. The molecule has 0 saturated carbocycles. The molecule has 0 saturated heterocycles. The van der Waals surface area contributed by atoms with Crippen LogP contribution in [0, 0.1) is 0 Å². The second-order valence-corrected chi connectivity index (χ2v) is 15.9. The maximum absolute atomic E-state index is 14.2. The van der Waals surface area contributed by atoms with E-state index in [2.05, 4.69) is 15.6 Å². The fraction of sp³-hybridized carbons (Fsp3) is 0.222. The minimum atomic E-state index is -1.54. The molecule has 16 nitrogen and oxygen atoms in total. The average molecular weight is 950 g/mol. The number of benzene rings is 6. The molecule has 0 radical (unpaired) electrons. The van der Waals surface area contributed by atoms with Crippen LogP contribution in [0.4, 0.5) is 9.59 Å². The number of amides is 4. The summed E-state index contributed by atoms with van der Waals surface area (Å²) in [6.45, 7) is 1.04. The number of hydrogen-bond donors (Lipinski definition) is 4. The van der Waals surface area contributed by atoms with Crippen LogP contribution in [-0.4, -0.2) is 70.7 Å². The van der Waals surface area contributed by atoms with Crippen molar-refractivity contribution in [1.82, 2.24) is 15.5 Å². The van der Waals surface area contributed by atoms with Gasteiger partial charge in [0.15, 0.2) is 17.5 Å². The number of ether oxygens (including phenoxy) is 5. The summed E-state index contributed by atoms with van der Waals surface area (Å²) in [6, 6.07) is 47.2. The lowest BCUT2D eigenvalue weighted by Gasteiger charge is -2.25. The predicted octanol–water partition coefficient (Wildman–Crippen LogP) is 7.62. The molecular formula is C54H55N5O11. The fourth-order valence-electron chi connectivity index (χ4n) is 6.77. The molecule has 0 aromatic heterocycles. The van der Waals surface area contributed by atoms with Crippen molar-refractivity contribution in [2.45, 2.75) is 71.0 Å². The summed E-state index contributed by atoms with van der Waals surface area (Å²) in [6.07, 6.45) is -3.67. The lowest BCUT2D eigenvalue weighted by atomic mass is 10.1. The topological polar surface area (TPSA) is 217 Å². The molecule has 5 N–H and O–H groups in total. The van der Waals surface area contributed by atoms with Gasteiger partial charge >= 0.3 is 18.2 Å². The van der Waals surface area contributed by atoms with E-state index in [4.69, 9.17) is 29.4 Å². The Morgan fingerprint density at radius 2 is 1.04 bits per heavy atom. The van der Waals surface area contributed by atoms with Crippen molar-refractivity contribution >= 4 is 35.9 Å². The zero-order chi connectivity index (χ0) is 49.5. The molecular weight excluding hydrogens is 895 g/mol. The van der Waals surface area contributed by atoms with Crippen molar-refractivity contribution in [3.63, 3.8) is 0 Å². The number of aliphatic hydroxyl groups excluding tert-OH is 1. The number of aliphatic imine (C=N–C) groups is 1. The number of esters is 1. The van der Waals surface area contributed by atoms with Crippen LogP contribution in [0.5, 0.6) is 11.5 Å². The van der Waals surface area contributed by atoms with Gasteiger partial charge in [0.05, 0.1) is 6.10 Å². The van der Waals surface area contributed by atoms with Crippen molar-refractivity contribution < 1.29 is 52.8 Å². The molecule has 0 aliphatic carbocycles. The van der Waals surface area contributed by atoms with E-state index in [1.54, 1.807) is 91.0 Å². The number of carbonyl (C=O) groups is 5. The standard InChI is InChI=1S/C54H55N5O11/c1-38(60)48(51(63)68-35-41-22-11-4-12-23-41)57-50(62)45(56-49(61)44-29-30-46(66-33-39-18-7-2-8-19-39)47(32-44)67-34-40-20-9-3-10-21-40)28-17-31-59(54(65)70-37-43-26-15-6-16-27-43)52(55)58-53(64)69-36-42-24-13-5-14-25-42/h2-16,18-27,29-30,32,38,45,48,60H,17,28,31,33-37H2,1H3,(H,56,61)(H,57,62)(H2,55,58,64)/t38?,45-,48-/m0/s1. The third kappa shape index (κ3) is 16.4. The van der Waals surface area contributed by atoms with Crippen LogP contribution in [0.25, 0.3) is 0 Å². The molecule has 6 aromatic carbocycles. The monoisotopic (exact) mass is 949 g/mol. The highest BCUT2D eigenvalue weighted by Gasteiger charge is 2.32. The van der Waals surface area contributed by atoms with Crippen LogP contribution in [0.1, 0.15) is 57.9 Å². The lowest BCUT2D eigenvalue weighted by molar-refractivity contribution is -0.152. The summed E-state index contributed by atoms with van der Waals surface area (Å²) in [4.78, 5) is 72.9. The number of carbonyl (C=O) groups excluding carboxylic acids is 5. The van der Waals surface area contributed by atoms with E-state index in [1.165, 1.54) is 19.1 Å². The number of aliphatic hydroxyl groups is 1. The van der Waals surface area contributed by atoms with Gasteiger partial charge in [0.25, 0.3) is 5.91 Å². The minimum absolute atomic E-state index is 0.0520. The summed E-state index contributed by atoms with van der Waals surface area (Å²) in [7, 11) is 0. The lowest BCUT2D eigenvalue weighted by Crippen LogP contribution is -2.55. The summed E-state index contributed by atoms with van der Waals surface area (Å²) in [5, 5.41) is 16.0. The van der Waals surface area contributed by atoms with Gasteiger partial charge in [0, 0.05) is 12.1 Å². The van der Waals surface area contributed by atoms with Crippen LogP contribution in [0.15, 0.2) is 175 Å². The molecule has 3 atom stereocenters. The molecule has 16 heteroatoms. The van der Waals surface area contributed by atoms with Crippen LogP contribution >= 0.6 is 0 Å². The van der Waals surface area contributed by atoms with E-state index >= 15 is 0 Å². The molecule has 6 rings (SSSR count). The maximum atomic E-state index is 14.2. The smallest absolute Gasteiger partial charge is 0.437 e. The predicted molar refractivity (Wildman–Crippen MR) is 260 cm³/mol. The molecule has 6 aromatic rings. The largest absolute Gasteiger partial charge is 0.485 e.